The molecule has 0 fully saturated rings. The fraction of sp³-hybridized carbons (Fsp3) is 0.312. The van der Waals surface area contributed by atoms with E-state index in [1.807, 2.05) is 19.4 Å². The maximum absolute atomic E-state index is 4.23. The van der Waals surface area contributed by atoms with Crippen LogP contribution in [0.2, 0.25) is 0 Å². The van der Waals surface area contributed by atoms with Gasteiger partial charge in [0, 0.05) is 22.9 Å². The monoisotopic (exact) mass is 318 g/mol. The van der Waals surface area contributed by atoms with Gasteiger partial charge in [-0.05, 0) is 66.0 Å². The largest absolute Gasteiger partial charge is 0.313 e. The first-order chi connectivity index (χ1) is 9.10. The molecule has 2 aromatic rings. The third-order valence-electron chi connectivity index (χ3n) is 3.35. The second-order valence-corrected chi connectivity index (χ2v) is 5.83. The van der Waals surface area contributed by atoms with Gasteiger partial charge < -0.3 is 5.32 Å². The zero-order chi connectivity index (χ0) is 13.8. The highest BCUT2D eigenvalue weighted by Gasteiger charge is 2.13. The smallest absolute Gasteiger partial charge is 0.0410 e. The third-order valence-corrected chi connectivity index (χ3v) is 3.78. The van der Waals surface area contributed by atoms with E-state index in [9.17, 15) is 0 Å². The quantitative estimate of drug-likeness (QED) is 0.922. The molecule has 1 unspecified atom stereocenters. The summed E-state index contributed by atoms with van der Waals surface area (Å²) >= 11 is 3.47. The van der Waals surface area contributed by atoms with Crippen molar-refractivity contribution in [2.75, 3.05) is 7.05 Å². The average Bonchev–Trinajstić information content (AvgIpc) is 2.37. The maximum Gasteiger partial charge on any atom is 0.0410 e. The van der Waals surface area contributed by atoms with E-state index in [-0.39, 0.29) is 0 Å². The highest BCUT2D eigenvalue weighted by Crippen LogP contribution is 2.23. The Labute approximate surface area is 123 Å². The second kappa shape index (κ2) is 6.31. The molecule has 19 heavy (non-hydrogen) atoms. The van der Waals surface area contributed by atoms with E-state index in [0.717, 1.165) is 10.9 Å². The van der Waals surface area contributed by atoms with Crippen molar-refractivity contribution < 1.29 is 0 Å². The zero-order valence-electron chi connectivity index (χ0n) is 11.6. The second-order valence-electron chi connectivity index (χ2n) is 4.92. The molecule has 1 heterocycles. The normalized spacial score (nSPS) is 12.4. The molecule has 0 saturated carbocycles. The van der Waals surface area contributed by atoms with Crippen LogP contribution in [0.25, 0.3) is 0 Å². The summed E-state index contributed by atoms with van der Waals surface area (Å²) < 4.78 is 1.03. The van der Waals surface area contributed by atoms with Gasteiger partial charge in [-0.1, -0.05) is 23.8 Å². The summed E-state index contributed by atoms with van der Waals surface area (Å²) in [5.41, 5.74) is 5.23. The Balaban J connectivity index is 2.25. The molecule has 0 aliphatic heterocycles. The highest BCUT2D eigenvalue weighted by molar-refractivity contribution is 9.10. The summed E-state index contributed by atoms with van der Waals surface area (Å²) in [6.45, 7) is 4.30. The first kappa shape index (κ1) is 14.2. The Morgan fingerprint density at radius 1 is 1.21 bits per heavy atom. The predicted octanol–water partition coefficient (Wildman–Crippen LogP) is 3.96. The van der Waals surface area contributed by atoms with Gasteiger partial charge in [-0.3, -0.25) is 4.98 Å². The van der Waals surface area contributed by atoms with Crippen LogP contribution < -0.4 is 5.32 Å². The number of nitrogens with zero attached hydrogens (tertiary/aromatic N) is 1. The maximum atomic E-state index is 4.23. The van der Waals surface area contributed by atoms with Crippen molar-refractivity contribution in [1.29, 1.82) is 0 Å². The van der Waals surface area contributed by atoms with E-state index >= 15 is 0 Å². The average molecular weight is 319 g/mol. The van der Waals surface area contributed by atoms with Crippen molar-refractivity contribution in [2.45, 2.75) is 26.3 Å². The molecule has 1 aromatic carbocycles. The minimum Gasteiger partial charge on any atom is -0.313 e. The fourth-order valence-electron chi connectivity index (χ4n) is 2.39. The number of likely N-dealkylation sites (N-methyl/N-ethyl adjacent to an activating group) is 1. The van der Waals surface area contributed by atoms with Crippen molar-refractivity contribution in [3.8, 4) is 0 Å². The van der Waals surface area contributed by atoms with Crippen LogP contribution in [0.15, 0.2) is 41.1 Å². The van der Waals surface area contributed by atoms with Crippen molar-refractivity contribution in [3.05, 3.63) is 63.4 Å². The molecule has 1 atom stereocenters. The first-order valence-electron chi connectivity index (χ1n) is 6.44. The minimum absolute atomic E-state index is 0.316. The van der Waals surface area contributed by atoms with Crippen LogP contribution in [-0.4, -0.2) is 12.0 Å². The van der Waals surface area contributed by atoms with Gasteiger partial charge in [0.1, 0.15) is 0 Å². The Kier molecular flexibility index (Phi) is 4.72. The van der Waals surface area contributed by atoms with E-state index in [0.29, 0.717) is 6.04 Å². The number of rotatable bonds is 4. The Morgan fingerprint density at radius 3 is 2.63 bits per heavy atom. The van der Waals surface area contributed by atoms with Crippen LogP contribution in [-0.2, 0) is 6.42 Å². The minimum atomic E-state index is 0.316. The van der Waals surface area contributed by atoms with Gasteiger partial charge in [0.25, 0.3) is 0 Å². The number of benzene rings is 1. The van der Waals surface area contributed by atoms with Gasteiger partial charge in [-0.2, -0.15) is 0 Å². The molecule has 0 amide bonds. The number of hydrogen-bond acceptors (Lipinski definition) is 2. The van der Waals surface area contributed by atoms with Crippen molar-refractivity contribution in [1.82, 2.24) is 10.3 Å². The van der Waals surface area contributed by atoms with Crippen LogP contribution in [0.1, 0.15) is 28.3 Å². The number of halogens is 1. The summed E-state index contributed by atoms with van der Waals surface area (Å²) in [6.07, 6.45) is 4.68. The van der Waals surface area contributed by atoms with E-state index in [4.69, 9.17) is 0 Å². The van der Waals surface area contributed by atoms with Crippen LogP contribution in [0.4, 0.5) is 0 Å². The predicted molar refractivity (Wildman–Crippen MR) is 83.4 cm³/mol. The van der Waals surface area contributed by atoms with Crippen LogP contribution in [0, 0.1) is 13.8 Å². The molecule has 2 rings (SSSR count). The van der Waals surface area contributed by atoms with Crippen LogP contribution >= 0.6 is 15.9 Å². The summed E-state index contributed by atoms with van der Waals surface area (Å²) in [4.78, 5) is 4.23. The van der Waals surface area contributed by atoms with Gasteiger partial charge in [-0.15, -0.1) is 0 Å². The van der Waals surface area contributed by atoms with Crippen molar-refractivity contribution >= 4 is 15.9 Å². The van der Waals surface area contributed by atoms with E-state index in [1.54, 1.807) is 0 Å². The van der Waals surface area contributed by atoms with Gasteiger partial charge >= 0.3 is 0 Å². The summed E-state index contributed by atoms with van der Waals surface area (Å²) in [5.74, 6) is 0. The standard InChI is InChI=1S/C16H19BrN2/c1-11-4-5-15(12(2)6-11)16(18-3)8-13-7-14(17)10-19-9-13/h4-7,9-10,16,18H,8H2,1-3H3. The molecular formula is C16H19BrN2. The summed E-state index contributed by atoms with van der Waals surface area (Å²) in [7, 11) is 2.01. The SMILES string of the molecule is CNC(Cc1cncc(Br)c1)c1ccc(C)cc1C. The Hall–Kier alpha value is -1.19. The third kappa shape index (κ3) is 3.64. The lowest BCUT2D eigenvalue weighted by atomic mass is 9.95. The Bertz CT molecular complexity index is 566. The molecule has 2 nitrogen and oxygen atoms in total. The molecule has 1 N–H and O–H groups in total. The summed E-state index contributed by atoms with van der Waals surface area (Å²) in [6, 6.07) is 9.07. The molecule has 0 radical (unpaired) electrons. The topological polar surface area (TPSA) is 24.9 Å². The van der Waals surface area contributed by atoms with E-state index in [2.05, 4.69) is 64.3 Å². The van der Waals surface area contributed by atoms with Crippen LogP contribution in [0.5, 0.6) is 0 Å². The van der Waals surface area contributed by atoms with Gasteiger partial charge in [0.15, 0.2) is 0 Å². The molecule has 100 valence electrons. The van der Waals surface area contributed by atoms with Crippen molar-refractivity contribution in [2.24, 2.45) is 0 Å². The molecule has 0 spiro atoms. The lowest BCUT2D eigenvalue weighted by Crippen LogP contribution is -2.20. The zero-order valence-corrected chi connectivity index (χ0v) is 13.2. The van der Waals surface area contributed by atoms with E-state index < -0.39 is 0 Å². The molecule has 0 bridgehead atoms. The molecule has 0 saturated heterocycles. The van der Waals surface area contributed by atoms with Gasteiger partial charge in [-0.25, -0.2) is 0 Å². The van der Waals surface area contributed by atoms with Crippen LogP contribution in [0.3, 0.4) is 0 Å². The fourth-order valence-corrected chi connectivity index (χ4v) is 2.80. The molecule has 0 aliphatic carbocycles. The Morgan fingerprint density at radius 2 is 2.00 bits per heavy atom. The number of pyridine rings is 1. The number of hydrogen-bond donors (Lipinski definition) is 1. The summed E-state index contributed by atoms with van der Waals surface area (Å²) in [5, 5.41) is 3.40. The number of aryl methyl sites for hydroxylation is 2. The number of aromatic nitrogens is 1. The van der Waals surface area contributed by atoms with Gasteiger partial charge in [0.05, 0.1) is 0 Å². The molecule has 3 heteroatoms. The highest BCUT2D eigenvalue weighted by atomic mass is 79.9. The van der Waals surface area contributed by atoms with E-state index in [1.165, 1.54) is 22.3 Å². The molecule has 0 aliphatic rings. The first-order valence-corrected chi connectivity index (χ1v) is 7.23. The number of nitrogens with one attached hydrogen (secondary N) is 1. The lowest BCUT2D eigenvalue weighted by Gasteiger charge is -2.19. The lowest BCUT2D eigenvalue weighted by molar-refractivity contribution is 0.587. The van der Waals surface area contributed by atoms with Gasteiger partial charge in [0.2, 0.25) is 0 Å². The molecular weight excluding hydrogens is 300 g/mol. The van der Waals surface area contributed by atoms with Crippen molar-refractivity contribution in [3.63, 3.8) is 0 Å². The molecule has 1 aromatic heterocycles.